The van der Waals surface area contributed by atoms with E-state index in [4.69, 9.17) is 4.74 Å². The van der Waals surface area contributed by atoms with Crippen molar-refractivity contribution in [3.8, 4) is 0 Å². The zero-order valence-electron chi connectivity index (χ0n) is 11.6. The summed E-state index contributed by atoms with van der Waals surface area (Å²) in [5.74, 6) is -0.702. The molecule has 0 radical (unpaired) electrons. The Morgan fingerprint density at radius 2 is 1.83 bits per heavy atom. The predicted molar refractivity (Wildman–Crippen MR) is 87.8 cm³/mol. The van der Waals surface area contributed by atoms with Gasteiger partial charge in [-0.25, -0.2) is 9.79 Å². The standard InChI is InChI=1S/C16H9BrN2O4/c17-11-7-5-10(6-8-11)9-13-16(20)23-15(18-13)12-3-1-2-4-14(12)19(21)22/h1-9H. The molecule has 0 saturated carbocycles. The molecule has 114 valence electrons. The predicted octanol–water partition coefficient (Wildman–Crippen LogP) is 3.70. The minimum Gasteiger partial charge on any atom is -0.402 e. The van der Waals surface area contributed by atoms with Gasteiger partial charge in [0.15, 0.2) is 5.70 Å². The minimum atomic E-state index is -0.638. The van der Waals surface area contributed by atoms with Crippen molar-refractivity contribution in [3.63, 3.8) is 0 Å². The van der Waals surface area contributed by atoms with E-state index in [1.165, 1.54) is 18.2 Å². The van der Waals surface area contributed by atoms with Crippen LogP contribution in [-0.4, -0.2) is 16.8 Å². The molecule has 2 aromatic rings. The Morgan fingerprint density at radius 1 is 1.13 bits per heavy atom. The maximum Gasteiger partial charge on any atom is 0.363 e. The molecule has 1 heterocycles. The van der Waals surface area contributed by atoms with Crippen molar-refractivity contribution >= 4 is 39.6 Å². The smallest absolute Gasteiger partial charge is 0.363 e. The molecule has 0 atom stereocenters. The van der Waals surface area contributed by atoms with E-state index in [0.717, 1.165) is 10.0 Å². The van der Waals surface area contributed by atoms with Crippen LogP contribution in [0.4, 0.5) is 5.69 Å². The van der Waals surface area contributed by atoms with Crippen LogP contribution in [0.3, 0.4) is 0 Å². The van der Waals surface area contributed by atoms with Crippen molar-refractivity contribution in [2.24, 2.45) is 4.99 Å². The third kappa shape index (κ3) is 3.19. The third-order valence-corrected chi connectivity index (χ3v) is 3.65. The number of cyclic esters (lactones) is 1. The molecule has 0 amide bonds. The average molecular weight is 373 g/mol. The average Bonchev–Trinajstić information content (AvgIpc) is 2.90. The highest BCUT2D eigenvalue weighted by Crippen LogP contribution is 2.25. The van der Waals surface area contributed by atoms with E-state index in [9.17, 15) is 14.9 Å². The van der Waals surface area contributed by atoms with Gasteiger partial charge in [-0.2, -0.15) is 0 Å². The zero-order valence-corrected chi connectivity index (χ0v) is 13.2. The largest absolute Gasteiger partial charge is 0.402 e. The van der Waals surface area contributed by atoms with Gasteiger partial charge in [0.1, 0.15) is 5.56 Å². The molecular formula is C16H9BrN2O4. The zero-order chi connectivity index (χ0) is 16.4. The normalized spacial score (nSPS) is 15.4. The summed E-state index contributed by atoms with van der Waals surface area (Å²) >= 11 is 3.33. The van der Waals surface area contributed by atoms with Crippen LogP contribution >= 0.6 is 15.9 Å². The van der Waals surface area contributed by atoms with Gasteiger partial charge in [0.25, 0.3) is 5.69 Å². The van der Waals surface area contributed by atoms with Crippen molar-refractivity contribution in [2.45, 2.75) is 0 Å². The third-order valence-electron chi connectivity index (χ3n) is 3.13. The molecule has 0 N–H and O–H groups in total. The maximum absolute atomic E-state index is 11.9. The summed E-state index contributed by atoms with van der Waals surface area (Å²) in [5.41, 5.74) is 0.877. The van der Waals surface area contributed by atoms with Crippen LogP contribution in [0.1, 0.15) is 11.1 Å². The second-order valence-electron chi connectivity index (χ2n) is 4.66. The van der Waals surface area contributed by atoms with Gasteiger partial charge >= 0.3 is 5.97 Å². The number of nitrogens with zero attached hydrogens (tertiary/aromatic N) is 2. The van der Waals surface area contributed by atoms with Gasteiger partial charge in [0.2, 0.25) is 5.90 Å². The molecule has 0 spiro atoms. The van der Waals surface area contributed by atoms with E-state index in [0.29, 0.717) is 0 Å². The molecule has 1 aliphatic heterocycles. The topological polar surface area (TPSA) is 81.8 Å². The highest BCUT2D eigenvalue weighted by atomic mass is 79.9. The van der Waals surface area contributed by atoms with Gasteiger partial charge < -0.3 is 4.74 Å². The molecule has 0 unspecified atom stereocenters. The van der Waals surface area contributed by atoms with Crippen molar-refractivity contribution in [1.29, 1.82) is 0 Å². The van der Waals surface area contributed by atoms with Crippen LogP contribution in [0.5, 0.6) is 0 Å². The van der Waals surface area contributed by atoms with Crippen LogP contribution in [-0.2, 0) is 9.53 Å². The summed E-state index contributed by atoms with van der Waals surface area (Å²) in [4.78, 5) is 26.5. The number of carbonyl (C=O) groups is 1. The molecule has 1 aliphatic rings. The first-order valence-electron chi connectivity index (χ1n) is 6.56. The lowest BCUT2D eigenvalue weighted by Gasteiger charge is -2.00. The fourth-order valence-corrected chi connectivity index (χ4v) is 2.32. The second-order valence-corrected chi connectivity index (χ2v) is 5.58. The number of rotatable bonds is 3. The molecular weight excluding hydrogens is 364 g/mol. The lowest BCUT2D eigenvalue weighted by molar-refractivity contribution is -0.385. The molecule has 0 bridgehead atoms. The summed E-state index contributed by atoms with van der Waals surface area (Å²) in [6.45, 7) is 0. The van der Waals surface area contributed by atoms with Gasteiger partial charge in [-0.15, -0.1) is 0 Å². The van der Waals surface area contributed by atoms with E-state index in [-0.39, 0.29) is 22.8 Å². The van der Waals surface area contributed by atoms with E-state index in [1.54, 1.807) is 12.1 Å². The molecule has 3 rings (SSSR count). The highest BCUT2D eigenvalue weighted by molar-refractivity contribution is 9.10. The van der Waals surface area contributed by atoms with Gasteiger partial charge in [0.05, 0.1) is 4.92 Å². The quantitative estimate of drug-likeness (QED) is 0.356. The highest BCUT2D eigenvalue weighted by Gasteiger charge is 2.28. The Kier molecular flexibility index (Phi) is 4.03. The van der Waals surface area contributed by atoms with Crippen molar-refractivity contribution < 1.29 is 14.5 Å². The number of para-hydroxylation sites is 1. The summed E-state index contributed by atoms with van der Waals surface area (Å²) in [7, 11) is 0. The number of ether oxygens (including phenoxy) is 1. The summed E-state index contributed by atoms with van der Waals surface area (Å²) in [6.07, 6.45) is 1.57. The monoisotopic (exact) mass is 372 g/mol. The molecule has 7 heteroatoms. The Balaban J connectivity index is 1.99. The molecule has 0 fully saturated rings. The fourth-order valence-electron chi connectivity index (χ4n) is 2.05. The second kappa shape index (κ2) is 6.13. The van der Waals surface area contributed by atoms with Crippen LogP contribution in [0.25, 0.3) is 6.08 Å². The first kappa shape index (κ1) is 15.1. The molecule has 23 heavy (non-hydrogen) atoms. The molecule has 2 aromatic carbocycles. The molecule has 0 saturated heterocycles. The Hall–Kier alpha value is -2.80. The van der Waals surface area contributed by atoms with Gasteiger partial charge in [-0.1, -0.05) is 40.2 Å². The van der Waals surface area contributed by atoms with E-state index >= 15 is 0 Å². The number of hydrogen-bond acceptors (Lipinski definition) is 5. The number of aliphatic imine (C=N–C) groups is 1. The van der Waals surface area contributed by atoms with Crippen LogP contribution in [0, 0.1) is 10.1 Å². The first-order chi connectivity index (χ1) is 11.0. The SMILES string of the molecule is O=C1OC(c2ccccc2[N+](=O)[O-])=NC1=Cc1ccc(Br)cc1. The summed E-state index contributed by atoms with van der Waals surface area (Å²) in [6, 6.07) is 13.3. The number of nitro groups is 1. The first-order valence-corrected chi connectivity index (χ1v) is 7.36. The van der Waals surface area contributed by atoms with E-state index in [1.807, 2.05) is 24.3 Å². The number of hydrogen-bond donors (Lipinski definition) is 0. The van der Waals surface area contributed by atoms with Gasteiger partial charge in [0, 0.05) is 10.5 Å². The van der Waals surface area contributed by atoms with Crippen molar-refractivity contribution in [2.75, 3.05) is 0 Å². The number of halogens is 1. The summed E-state index contributed by atoms with van der Waals surface area (Å²) in [5, 5.41) is 11.1. The number of carbonyl (C=O) groups excluding carboxylic acids is 1. The van der Waals surface area contributed by atoms with E-state index in [2.05, 4.69) is 20.9 Å². The van der Waals surface area contributed by atoms with Gasteiger partial charge in [-0.3, -0.25) is 10.1 Å². The lowest BCUT2D eigenvalue weighted by Crippen LogP contribution is -2.07. The molecule has 6 nitrogen and oxygen atoms in total. The van der Waals surface area contributed by atoms with E-state index < -0.39 is 10.9 Å². The van der Waals surface area contributed by atoms with Crippen molar-refractivity contribution in [1.82, 2.24) is 0 Å². The minimum absolute atomic E-state index is 0.0642. The number of nitro benzene ring substituents is 1. The van der Waals surface area contributed by atoms with Crippen LogP contribution < -0.4 is 0 Å². The molecule has 0 aromatic heterocycles. The Morgan fingerprint density at radius 3 is 2.52 bits per heavy atom. The van der Waals surface area contributed by atoms with Crippen LogP contribution in [0.15, 0.2) is 63.7 Å². The lowest BCUT2D eigenvalue weighted by atomic mass is 10.2. The number of benzene rings is 2. The van der Waals surface area contributed by atoms with Crippen LogP contribution in [0.2, 0.25) is 0 Å². The Labute approximate surface area is 139 Å². The van der Waals surface area contributed by atoms with Gasteiger partial charge in [-0.05, 0) is 29.8 Å². The fraction of sp³-hybridized carbons (Fsp3) is 0. The number of esters is 1. The Bertz CT molecular complexity index is 857. The molecule has 0 aliphatic carbocycles. The summed E-state index contributed by atoms with van der Waals surface area (Å²) < 4.78 is 5.99. The maximum atomic E-state index is 11.9. The van der Waals surface area contributed by atoms with Crippen molar-refractivity contribution in [3.05, 3.63) is 79.9 Å².